The van der Waals surface area contributed by atoms with Crippen molar-refractivity contribution >= 4 is 21.4 Å². The van der Waals surface area contributed by atoms with Crippen molar-refractivity contribution in [1.82, 2.24) is 0 Å². The van der Waals surface area contributed by atoms with E-state index >= 15 is 0 Å². The molecule has 1 fully saturated rings. The Kier molecular flexibility index (Phi) is 4.19. The second-order valence-electron chi connectivity index (χ2n) is 4.86. The number of methoxy groups -OCH3 is 1. The van der Waals surface area contributed by atoms with Crippen LogP contribution < -0.4 is 15.2 Å². The summed E-state index contributed by atoms with van der Waals surface area (Å²) in [7, 11) is -1.79. The highest BCUT2D eigenvalue weighted by atomic mass is 32.2. The van der Waals surface area contributed by atoms with E-state index in [1.54, 1.807) is 18.2 Å². The molecule has 0 atom stereocenters. The maximum Gasteiger partial charge on any atom is 0.235 e. The smallest absolute Gasteiger partial charge is 0.235 e. The Morgan fingerprint density at radius 2 is 1.95 bits per heavy atom. The van der Waals surface area contributed by atoms with Gasteiger partial charge in [-0.1, -0.05) is 19.3 Å². The van der Waals surface area contributed by atoms with Gasteiger partial charge in [0.1, 0.15) is 5.75 Å². The lowest BCUT2D eigenvalue weighted by Crippen LogP contribution is -2.29. The van der Waals surface area contributed by atoms with Gasteiger partial charge in [-0.05, 0) is 31.0 Å². The molecule has 0 radical (unpaired) electrons. The second-order valence-corrected chi connectivity index (χ2v) is 6.82. The Hall–Kier alpha value is -1.43. The minimum atomic E-state index is -3.32. The lowest BCUT2D eigenvalue weighted by molar-refractivity contribution is 0.417. The monoisotopic (exact) mass is 284 g/mol. The molecule has 1 saturated carbocycles. The zero-order chi connectivity index (χ0) is 13.9. The van der Waals surface area contributed by atoms with Crippen molar-refractivity contribution in [2.75, 3.05) is 17.6 Å². The highest BCUT2D eigenvalue weighted by molar-refractivity contribution is 7.93. The fourth-order valence-corrected chi connectivity index (χ4v) is 4.00. The predicted molar refractivity (Wildman–Crippen MR) is 76.8 cm³/mol. The highest BCUT2D eigenvalue weighted by Crippen LogP contribution is 2.28. The Morgan fingerprint density at radius 1 is 1.26 bits per heavy atom. The number of nitrogen functional groups attached to an aromatic ring is 1. The van der Waals surface area contributed by atoms with Crippen molar-refractivity contribution in [1.29, 1.82) is 0 Å². The maximum atomic E-state index is 12.2. The van der Waals surface area contributed by atoms with Gasteiger partial charge < -0.3 is 10.5 Å². The molecule has 0 amide bonds. The van der Waals surface area contributed by atoms with Crippen LogP contribution in [-0.2, 0) is 10.0 Å². The topological polar surface area (TPSA) is 81.4 Å². The zero-order valence-corrected chi connectivity index (χ0v) is 11.9. The Balaban J connectivity index is 2.13. The van der Waals surface area contributed by atoms with Crippen LogP contribution in [0.3, 0.4) is 0 Å². The molecule has 0 heterocycles. The fraction of sp³-hybridized carbons (Fsp3) is 0.538. The first-order chi connectivity index (χ1) is 9.03. The molecule has 6 heteroatoms. The van der Waals surface area contributed by atoms with Crippen LogP contribution in [0.5, 0.6) is 5.75 Å². The molecule has 1 aromatic rings. The van der Waals surface area contributed by atoms with Crippen LogP contribution in [0.1, 0.15) is 32.1 Å². The highest BCUT2D eigenvalue weighted by Gasteiger charge is 2.27. The third-order valence-corrected chi connectivity index (χ3v) is 5.35. The summed E-state index contributed by atoms with van der Waals surface area (Å²) in [6.07, 6.45) is 4.57. The third-order valence-electron chi connectivity index (χ3n) is 3.48. The summed E-state index contributed by atoms with van der Waals surface area (Å²) < 4.78 is 32.1. The van der Waals surface area contributed by atoms with Crippen LogP contribution >= 0.6 is 0 Å². The molecule has 2 rings (SSSR count). The van der Waals surface area contributed by atoms with E-state index in [4.69, 9.17) is 10.5 Å². The molecular formula is C13H20N2O3S. The zero-order valence-electron chi connectivity index (χ0n) is 11.1. The van der Waals surface area contributed by atoms with Crippen molar-refractivity contribution < 1.29 is 13.2 Å². The number of hydrogen-bond donors (Lipinski definition) is 2. The van der Waals surface area contributed by atoms with E-state index in [0.29, 0.717) is 17.1 Å². The molecule has 1 aromatic carbocycles. The summed E-state index contributed by atoms with van der Waals surface area (Å²) in [5, 5.41) is -0.287. The number of nitrogens with one attached hydrogen (secondary N) is 1. The predicted octanol–water partition coefficient (Wildman–Crippen LogP) is 2.35. The van der Waals surface area contributed by atoms with E-state index < -0.39 is 10.0 Å². The molecule has 3 N–H and O–H groups in total. The first-order valence-corrected chi connectivity index (χ1v) is 8.03. The summed E-state index contributed by atoms with van der Waals surface area (Å²) in [5.74, 6) is 0.542. The summed E-state index contributed by atoms with van der Waals surface area (Å²) in [5.41, 5.74) is 6.68. The van der Waals surface area contributed by atoms with E-state index in [1.807, 2.05) is 0 Å². The van der Waals surface area contributed by atoms with Crippen LogP contribution in [0.25, 0.3) is 0 Å². The summed E-state index contributed by atoms with van der Waals surface area (Å²) in [6, 6.07) is 4.91. The fourth-order valence-electron chi connectivity index (χ4n) is 2.42. The van der Waals surface area contributed by atoms with Crippen molar-refractivity contribution in [2.24, 2.45) is 0 Å². The number of anilines is 2. The van der Waals surface area contributed by atoms with Gasteiger partial charge in [-0.25, -0.2) is 8.42 Å². The number of nitrogens with two attached hydrogens (primary N) is 1. The Bertz CT molecular complexity index is 537. The molecule has 19 heavy (non-hydrogen) atoms. The van der Waals surface area contributed by atoms with Gasteiger partial charge in [0.15, 0.2) is 0 Å². The van der Waals surface area contributed by atoms with E-state index in [0.717, 1.165) is 32.1 Å². The third kappa shape index (κ3) is 3.32. The van der Waals surface area contributed by atoms with Gasteiger partial charge in [-0.2, -0.15) is 0 Å². The maximum absolute atomic E-state index is 12.2. The molecule has 1 aliphatic rings. The van der Waals surface area contributed by atoms with Crippen LogP contribution in [-0.4, -0.2) is 20.8 Å². The molecule has 0 saturated heterocycles. The molecule has 0 unspecified atom stereocenters. The lowest BCUT2D eigenvalue weighted by atomic mass is 10.0. The number of hydrogen-bond acceptors (Lipinski definition) is 4. The average molecular weight is 284 g/mol. The molecule has 0 spiro atoms. The first-order valence-electron chi connectivity index (χ1n) is 6.48. The molecule has 0 aliphatic heterocycles. The SMILES string of the molecule is COc1ccc(NS(=O)(=O)C2CCCCC2)cc1N. The van der Waals surface area contributed by atoms with Gasteiger partial charge in [0, 0.05) is 0 Å². The average Bonchev–Trinajstić information content (AvgIpc) is 2.39. The van der Waals surface area contributed by atoms with Gasteiger partial charge >= 0.3 is 0 Å². The van der Waals surface area contributed by atoms with Gasteiger partial charge in [-0.3, -0.25) is 4.72 Å². The largest absolute Gasteiger partial charge is 0.495 e. The molecular weight excluding hydrogens is 264 g/mol. The molecule has 5 nitrogen and oxygen atoms in total. The van der Waals surface area contributed by atoms with E-state index in [2.05, 4.69) is 4.72 Å². The molecule has 1 aliphatic carbocycles. The second kappa shape index (κ2) is 5.69. The normalized spacial score (nSPS) is 17.1. The van der Waals surface area contributed by atoms with E-state index in [-0.39, 0.29) is 5.25 Å². The van der Waals surface area contributed by atoms with Gasteiger partial charge in [-0.15, -0.1) is 0 Å². The summed E-state index contributed by atoms with van der Waals surface area (Å²) in [6.45, 7) is 0. The quantitative estimate of drug-likeness (QED) is 0.832. The van der Waals surface area contributed by atoms with Crippen LogP contribution in [0.4, 0.5) is 11.4 Å². The molecule has 106 valence electrons. The lowest BCUT2D eigenvalue weighted by Gasteiger charge is -2.22. The Labute approximate surface area is 114 Å². The van der Waals surface area contributed by atoms with Crippen LogP contribution in [0.2, 0.25) is 0 Å². The number of sulfonamides is 1. The summed E-state index contributed by atoms with van der Waals surface area (Å²) in [4.78, 5) is 0. The van der Waals surface area contributed by atoms with E-state index in [9.17, 15) is 8.42 Å². The van der Waals surface area contributed by atoms with Crippen molar-refractivity contribution in [3.05, 3.63) is 18.2 Å². The van der Waals surface area contributed by atoms with Gasteiger partial charge in [0.25, 0.3) is 0 Å². The first kappa shape index (κ1) is 14.0. The molecule has 0 bridgehead atoms. The summed E-state index contributed by atoms with van der Waals surface area (Å²) >= 11 is 0. The van der Waals surface area contributed by atoms with Crippen molar-refractivity contribution in [3.63, 3.8) is 0 Å². The minimum absolute atomic E-state index is 0.287. The number of benzene rings is 1. The molecule has 0 aromatic heterocycles. The van der Waals surface area contributed by atoms with Crippen molar-refractivity contribution in [2.45, 2.75) is 37.4 Å². The van der Waals surface area contributed by atoms with Crippen molar-refractivity contribution in [3.8, 4) is 5.75 Å². The van der Waals surface area contributed by atoms with Crippen LogP contribution in [0, 0.1) is 0 Å². The minimum Gasteiger partial charge on any atom is -0.495 e. The Morgan fingerprint density at radius 3 is 2.53 bits per heavy atom. The van der Waals surface area contributed by atoms with Crippen LogP contribution in [0.15, 0.2) is 18.2 Å². The standard InChI is InChI=1S/C13H20N2O3S/c1-18-13-8-7-10(9-12(13)14)15-19(16,17)11-5-3-2-4-6-11/h7-9,11,15H,2-6,14H2,1H3. The van der Waals surface area contributed by atoms with Gasteiger partial charge in [0.2, 0.25) is 10.0 Å². The number of rotatable bonds is 4. The number of ether oxygens (including phenoxy) is 1. The van der Waals surface area contributed by atoms with Gasteiger partial charge in [0.05, 0.1) is 23.7 Å². The van der Waals surface area contributed by atoms with E-state index in [1.165, 1.54) is 7.11 Å².